The molecule has 3 heteroatoms. The maximum absolute atomic E-state index is 5.18. The topological polar surface area (TPSA) is 52.0 Å². The lowest BCUT2D eigenvalue weighted by atomic mass is 10.3. The van der Waals surface area contributed by atoms with E-state index < -0.39 is 0 Å². The highest BCUT2D eigenvalue weighted by molar-refractivity contribution is 4.45. The molecule has 2 nitrogen and oxygen atoms in total. The minimum absolute atomic E-state index is 0. The summed E-state index contributed by atoms with van der Waals surface area (Å²) < 4.78 is 0. The minimum Gasteiger partial charge on any atom is -0.316 e. The Morgan fingerprint density at radius 3 is 1.86 bits per heavy atom. The van der Waals surface area contributed by atoms with Crippen molar-refractivity contribution in [3.05, 3.63) is 0 Å². The molecule has 4 N–H and O–H groups in total. The fraction of sp³-hybridized carbons (Fsp3) is 1.00. The Bertz CT molecular complexity index is 30.9. The molecule has 7 heavy (non-hydrogen) atoms. The van der Waals surface area contributed by atoms with Crippen molar-refractivity contribution >= 4 is 0 Å². The maximum Gasteiger partial charge on any atom is 1.00 e. The molecule has 2 radical (unpaired) electrons. The summed E-state index contributed by atoms with van der Waals surface area (Å²) in [5.74, 6) is 0. The van der Waals surface area contributed by atoms with Gasteiger partial charge >= 0.3 is 24.0 Å². The molecular formula is C4H12IN2+. The third kappa shape index (κ3) is 10.8. The molecule has 0 aromatic heterocycles. The van der Waals surface area contributed by atoms with Crippen LogP contribution in [-0.2, 0) is 0 Å². The predicted octanol–water partition coefficient (Wildman–Crippen LogP) is -2.97. The summed E-state index contributed by atoms with van der Waals surface area (Å²) in [6.45, 7) is 2.06. The Labute approximate surface area is 61.7 Å². The smallest absolute Gasteiger partial charge is 0.316 e. The number of nitrogens with two attached hydrogens (primary N) is 2. The van der Waals surface area contributed by atoms with Gasteiger partial charge in [-0.25, -0.2) is 0 Å². The molecule has 0 rings (SSSR count). The van der Waals surface area contributed by atoms with Crippen LogP contribution in [0.5, 0.6) is 0 Å². The van der Waals surface area contributed by atoms with E-state index in [0.29, 0.717) is 0 Å². The average molecular weight is 215 g/mol. The molecule has 0 unspecified atom stereocenters. The summed E-state index contributed by atoms with van der Waals surface area (Å²) in [7, 11) is 0. The molecule has 0 bridgehead atoms. The quantitative estimate of drug-likeness (QED) is 0.382. The molecule has 0 spiro atoms. The third-order valence-electron chi connectivity index (χ3n) is 0.622. The summed E-state index contributed by atoms with van der Waals surface area (Å²) in [4.78, 5) is 0. The van der Waals surface area contributed by atoms with Gasteiger partial charge in [0.05, 0.1) is 6.17 Å². The van der Waals surface area contributed by atoms with E-state index >= 15 is 0 Å². The Hall–Kier alpha value is 0.650. The highest BCUT2D eigenvalue weighted by Gasteiger charge is 1.85. The average Bonchev–Trinajstić information content (AvgIpc) is 1.35. The zero-order valence-electron chi connectivity index (χ0n) is 4.52. The van der Waals surface area contributed by atoms with Gasteiger partial charge in [-0.05, 0) is 6.42 Å². The van der Waals surface area contributed by atoms with Crippen molar-refractivity contribution in [2.75, 3.05) is 0 Å². The first-order chi connectivity index (χ1) is 2.77. The Morgan fingerprint density at radius 1 is 1.43 bits per heavy atom. The minimum atomic E-state index is -0.102. The zero-order valence-corrected chi connectivity index (χ0v) is 6.68. The predicted molar refractivity (Wildman–Crippen MR) is 27.1 cm³/mol. The van der Waals surface area contributed by atoms with Gasteiger partial charge < -0.3 is 11.5 Å². The summed E-state index contributed by atoms with van der Waals surface area (Å²) in [5.41, 5.74) is 10.4. The second-order valence-electron chi connectivity index (χ2n) is 1.45. The lowest BCUT2D eigenvalue weighted by molar-refractivity contribution is -0.00000175. The monoisotopic (exact) mass is 215 g/mol. The SMILES string of the molecule is CCCC(N)N.[I+]. The Morgan fingerprint density at radius 2 is 1.86 bits per heavy atom. The number of rotatable bonds is 2. The van der Waals surface area contributed by atoms with E-state index in [-0.39, 0.29) is 30.1 Å². The summed E-state index contributed by atoms with van der Waals surface area (Å²) >= 11 is 0. The second kappa shape index (κ2) is 6.65. The first-order valence-corrected chi connectivity index (χ1v) is 2.28. The number of hydrogen-bond donors (Lipinski definition) is 2. The van der Waals surface area contributed by atoms with Gasteiger partial charge in [0.15, 0.2) is 0 Å². The van der Waals surface area contributed by atoms with Crippen LogP contribution in [0.1, 0.15) is 19.8 Å². The first kappa shape index (κ1) is 10.6. The van der Waals surface area contributed by atoms with Crippen LogP contribution >= 0.6 is 0 Å². The highest BCUT2D eigenvalue weighted by Crippen LogP contribution is 1.82. The molecule has 0 amide bonds. The number of hydrogen-bond acceptors (Lipinski definition) is 2. The van der Waals surface area contributed by atoms with E-state index in [0.717, 1.165) is 12.8 Å². The molecule has 0 saturated carbocycles. The van der Waals surface area contributed by atoms with E-state index in [2.05, 4.69) is 6.92 Å². The van der Waals surface area contributed by atoms with Crippen molar-refractivity contribution < 1.29 is 24.0 Å². The molecule has 0 saturated heterocycles. The largest absolute Gasteiger partial charge is 1.00 e. The molecule has 0 atom stereocenters. The Kier molecular flexibility index (Phi) is 10.1. The van der Waals surface area contributed by atoms with Gasteiger partial charge in [0.25, 0.3) is 0 Å². The second-order valence-corrected chi connectivity index (χ2v) is 1.45. The van der Waals surface area contributed by atoms with Crippen molar-refractivity contribution in [3.8, 4) is 0 Å². The normalized spacial score (nSPS) is 8.57. The fourth-order valence-corrected chi connectivity index (χ4v) is 0.333. The summed E-state index contributed by atoms with van der Waals surface area (Å²) in [6, 6.07) is 0. The van der Waals surface area contributed by atoms with Crippen LogP contribution in [-0.4, -0.2) is 6.17 Å². The lowest BCUT2D eigenvalue weighted by Gasteiger charge is -1.97. The molecule has 0 aliphatic rings. The first-order valence-electron chi connectivity index (χ1n) is 2.28. The molecule has 0 aliphatic heterocycles. The van der Waals surface area contributed by atoms with E-state index in [9.17, 15) is 0 Å². The molecular weight excluding hydrogens is 203 g/mol. The molecule has 0 aliphatic carbocycles. The van der Waals surface area contributed by atoms with E-state index in [4.69, 9.17) is 11.5 Å². The van der Waals surface area contributed by atoms with E-state index in [1.807, 2.05) is 0 Å². The molecule has 0 fully saturated rings. The lowest BCUT2D eigenvalue weighted by Crippen LogP contribution is -3.00. The van der Waals surface area contributed by atoms with E-state index in [1.165, 1.54) is 0 Å². The number of halogens is 1. The van der Waals surface area contributed by atoms with Crippen LogP contribution in [0.2, 0.25) is 0 Å². The summed E-state index contributed by atoms with van der Waals surface area (Å²) in [6.07, 6.45) is 1.91. The van der Waals surface area contributed by atoms with Crippen molar-refractivity contribution in [1.29, 1.82) is 0 Å². The summed E-state index contributed by atoms with van der Waals surface area (Å²) in [5, 5.41) is 0. The van der Waals surface area contributed by atoms with Gasteiger partial charge in [0.2, 0.25) is 0 Å². The molecule has 0 heterocycles. The highest BCUT2D eigenvalue weighted by atomic mass is 127. The van der Waals surface area contributed by atoms with Gasteiger partial charge in [-0.2, -0.15) is 0 Å². The van der Waals surface area contributed by atoms with Crippen LogP contribution in [0.15, 0.2) is 0 Å². The van der Waals surface area contributed by atoms with Gasteiger partial charge in [-0.1, -0.05) is 13.3 Å². The van der Waals surface area contributed by atoms with Crippen LogP contribution in [0.25, 0.3) is 0 Å². The maximum atomic E-state index is 5.18. The molecule has 0 aromatic carbocycles. The van der Waals surface area contributed by atoms with Gasteiger partial charge in [0.1, 0.15) is 0 Å². The third-order valence-corrected chi connectivity index (χ3v) is 0.622. The van der Waals surface area contributed by atoms with Gasteiger partial charge in [-0.15, -0.1) is 0 Å². The van der Waals surface area contributed by atoms with Crippen LogP contribution in [0, 0.1) is 0 Å². The van der Waals surface area contributed by atoms with Crippen LogP contribution in [0.3, 0.4) is 0 Å². The van der Waals surface area contributed by atoms with Crippen molar-refractivity contribution in [2.45, 2.75) is 25.9 Å². The van der Waals surface area contributed by atoms with Crippen molar-refractivity contribution in [2.24, 2.45) is 11.5 Å². The van der Waals surface area contributed by atoms with Gasteiger partial charge in [-0.3, -0.25) is 0 Å². The standard InChI is InChI=1S/C4H12N2.I/c1-2-3-4(5)6;/h4H,2-3,5-6H2,1H3;/q;+1. The molecule has 44 valence electrons. The van der Waals surface area contributed by atoms with Crippen LogP contribution < -0.4 is 35.4 Å². The molecule has 0 aromatic rings. The van der Waals surface area contributed by atoms with E-state index in [1.54, 1.807) is 0 Å². The zero-order chi connectivity index (χ0) is 4.99. The van der Waals surface area contributed by atoms with Crippen molar-refractivity contribution in [3.63, 3.8) is 0 Å². The van der Waals surface area contributed by atoms with Crippen LogP contribution in [0.4, 0.5) is 0 Å². The fourth-order valence-electron chi connectivity index (χ4n) is 0.333. The van der Waals surface area contributed by atoms with Crippen molar-refractivity contribution in [1.82, 2.24) is 0 Å². The Balaban J connectivity index is 0. The van der Waals surface area contributed by atoms with Gasteiger partial charge in [0, 0.05) is 0 Å².